The number of hydrogen-bond acceptors (Lipinski definition) is 1. The van der Waals surface area contributed by atoms with Crippen LogP contribution < -0.4 is 0 Å². The zero-order valence-corrected chi connectivity index (χ0v) is 11.4. The Morgan fingerprint density at radius 1 is 1.25 bits per heavy atom. The van der Waals surface area contributed by atoms with E-state index in [-0.39, 0.29) is 10.1 Å². The van der Waals surface area contributed by atoms with E-state index < -0.39 is 15.2 Å². The molecule has 0 heterocycles. The van der Waals surface area contributed by atoms with Crippen LogP contribution in [-0.2, 0) is 0 Å². The molecule has 12 heavy (non-hydrogen) atoms. The second kappa shape index (κ2) is 3.77. The Kier molecular flexibility index (Phi) is 3.96. The van der Waals surface area contributed by atoms with Gasteiger partial charge in [0.05, 0.1) is 7.74 Å². The Morgan fingerprint density at radius 2 is 1.58 bits per heavy atom. The van der Waals surface area contributed by atoms with Crippen molar-refractivity contribution in [3.63, 3.8) is 0 Å². The molecule has 4 heteroatoms. The first-order valence-corrected chi connectivity index (χ1v) is 10.1. The Labute approximate surface area is 82.5 Å². The maximum atomic E-state index is 11.3. The highest BCUT2D eigenvalue weighted by Crippen LogP contribution is 2.58. The molecule has 0 aliphatic carbocycles. The molecular weight excluding hydrogens is 207 g/mol. The summed E-state index contributed by atoms with van der Waals surface area (Å²) in [5.41, 5.74) is 0. The molecule has 72 valence electrons. The molecular formula is C8H18ClOPSi. The SMILES string of the molecule is CC(C)(C)P(C(=O)Cl)[Si](C)(C)C. The first-order chi connectivity index (χ1) is 5.07. The molecule has 1 unspecified atom stereocenters. The lowest BCUT2D eigenvalue weighted by atomic mass is 10.3. The largest absolute Gasteiger partial charge is 0.277 e. The number of hydrogen-bond donors (Lipinski definition) is 0. The molecule has 0 aliphatic heterocycles. The van der Waals surface area contributed by atoms with Crippen LogP contribution >= 0.6 is 19.1 Å². The Hall–Kier alpha value is 0.607. The predicted molar refractivity (Wildman–Crippen MR) is 61.3 cm³/mol. The number of carbonyl (C=O) groups is 1. The van der Waals surface area contributed by atoms with E-state index in [2.05, 4.69) is 40.4 Å². The Morgan fingerprint density at radius 3 is 1.58 bits per heavy atom. The minimum absolute atomic E-state index is 0.0681. The van der Waals surface area contributed by atoms with Crippen LogP contribution in [0, 0.1) is 0 Å². The fraction of sp³-hybridized carbons (Fsp3) is 0.875. The average molecular weight is 225 g/mol. The van der Waals surface area contributed by atoms with Crippen LogP contribution in [0.4, 0.5) is 4.79 Å². The topological polar surface area (TPSA) is 17.1 Å². The molecule has 0 aromatic carbocycles. The zero-order valence-electron chi connectivity index (χ0n) is 8.73. The van der Waals surface area contributed by atoms with E-state index in [1.54, 1.807) is 0 Å². The molecule has 0 amide bonds. The summed E-state index contributed by atoms with van der Waals surface area (Å²) in [4.78, 5) is 11.2. The Balaban J connectivity index is 4.82. The van der Waals surface area contributed by atoms with Crippen molar-refractivity contribution in [3.8, 4) is 0 Å². The average Bonchev–Trinajstić information content (AvgIpc) is 1.49. The molecule has 0 aromatic heterocycles. The lowest BCUT2D eigenvalue weighted by Crippen LogP contribution is -2.30. The smallest absolute Gasteiger partial charge is 0.239 e. The summed E-state index contributed by atoms with van der Waals surface area (Å²) in [5, 5.41) is 0.0681. The third-order valence-corrected chi connectivity index (χ3v) is 12.1. The van der Waals surface area contributed by atoms with Gasteiger partial charge in [-0.3, -0.25) is 4.79 Å². The van der Waals surface area contributed by atoms with Gasteiger partial charge in [-0.2, -0.15) is 0 Å². The summed E-state index contributed by atoms with van der Waals surface area (Å²) in [7, 11) is -2.04. The second-order valence-electron chi connectivity index (χ2n) is 4.93. The van der Waals surface area contributed by atoms with Gasteiger partial charge in [0, 0.05) is 0 Å². The fourth-order valence-electron chi connectivity index (χ4n) is 1.53. The first kappa shape index (κ1) is 12.6. The van der Waals surface area contributed by atoms with Gasteiger partial charge < -0.3 is 0 Å². The summed E-state index contributed by atoms with van der Waals surface area (Å²) in [6.45, 7) is 13.0. The summed E-state index contributed by atoms with van der Waals surface area (Å²) in [5.74, 6) is 0. The van der Waals surface area contributed by atoms with Crippen molar-refractivity contribution in [1.82, 2.24) is 0 Å². The molecule has 0 aromatic rings. The van der Waals surface area contributed by atoms with Gasteiger partial charge in [-0.25, -0.2) is 0 Å². The minimum atomic E-state index is -1.40. The summed E-state index contributed by atoms with van der Waals surface area (Å²) in [6.07, 6.45) is 0. The molecule has 0 rings (SSSR count). The molecule has 0 radical (unpaired) electrons. The molecule has 0 fully saturated rings. The molecule has 1 nitrogen and oxygen atoms in total. The fourth-order valence-corrected chi connectivity index (χ4v) is 15.3. The van der Waals surface area contributed by atoms with Crippen LogP contribution in [0.3, 0.4) is 0 Å². The Bertz CT molecular complexity index is 166. The first-order valence-electron chi connectivity index (χ1n) is 4.06. The monoisotopic (exact) mass is 224 g/mol. The highest BCUT2D eigenvalue weighted by molar-refractivity contribution is 8.08. The molecule has 0 bridgehead atoms. The van der Waals surface area contributed by atoms with Crippen LogP contribution in [-0.4, -0.2) is 17.9 Å². The van der Waals surface area contributed by atoms with Crippen LogP contribution in [0.15, 0.2) is 0 Å². The van der Waals surface area contributed by atoms with Gasteiger partial charge in [-0.15, -0.1) is 0 Å². The van der Waals surface area contributed by atoms with E-state index >= 15 is 0 Å². The zero-order chi connectivity index (χ0) is 10.2. The maximum Gasteiger partial charge on any atom is 0.239 e. The van der Waals surface area contributed by atoms with E-state index in [0.717, 1.165) is 0 Å². The standard InChI is InChI=1S/C8H18ClOPSi/c1-8(2,3)11(7(9)10)12(4,5)6/h1-6H3. The number of halogens is 1. The highest BCUT2D eigenvalue weighted by atomic mass is 35.5. The van der Waals surface area contributed by atoms with Gasteiger partial charge in [-0.05, 0) is 24.2 Å². The third kappa shape index (κ3) is 3.55. The van der Waals surface area contributed by atoms with Crippen LogP contribution in [0.5, 0.6) is 0 Å². The number of carbonyl (C=O) groups excluding carboxylic acids is 1. The van der Waals surface area contributed by atoms with Gasteiger partial charge in [0.2, 0.25) is 4.98 Å². The van der Waals surface area contributed by atoms with Crippen molar-refractivity contribution in [3.05, 3.63) is 0 Å². The van der Waals surface area contributed by atoms with Gasteiger partial charge in [-0.1, -0.05) is 40.4 Å². The van der Waals surface area contributed by atoms with Gasteiger partial charge in [0.15, 0.2) is 0 Å². The van der Waals surface area contributed by atoms with Crippen LogP contribution in [0.2, 0.25) is 19.6 Å². The molecule has 0 N–H and O–H groups in total. The van der Waals surface area contributed by atoms with E-state index in [1.165, 1.54) is 0 Å². The van der Waals surface area contributed by atoms with Gasteiger partial charge >= 0.3 is 0 Å². The van der Waals surface area contributed by atoms with Gasteiger partial charge in [0.1, 0.15) is 0 Å². The molecule has 1 atom stereocenters. The molecule has 0 saturated heterocycles. The molecule has 0 spiro atoms. The highest BCUT2D eigenvalue weighted by Gasteiger charge is 2.40. The van der Waals surface area contributed by atoms with Crippen molar-refractivity contribution in [2.75, 3.05) is 0 Å². The number of rotatable bonds is 2. The van der Waals surface area contributed by atoms with Crippen molar-refractivity contribution < 1.29 is 4.79 Å². The normalized spacial score (nSPS) is 15.9. The van der Waals surface area contributed by atoms with Crippen molar-refractivity contribution in [1.29, 1.82) is 0 Å². The summed E-state index contributed by atoms with van der Waals surface area (Å²) < 4.78 is 0. The van der Waals surface area contributed by atoms with Crippen molar-refractivity contribution >= 4 is 31.8 Å². The summed E-state index contributed by atoms with van der Waals surface area (Å²) in [6, 6.07) is 0. The van der Waals surface area contributed by atoms with Gasteiger partial charge in [0.25, 0.3) is 0 Å². The molecule has 0 aliphatic rings. The minimum Gasteiger partial charge on any atom is -0.277 e. The second-order valence-corrected chi connectivity index (χ2v) is 17.7. The van der Waals surface area contributed by atoms with Crippen LogP contribution in [0.1, 0.15) is 20.8 Å². The predicted octanol–water partition coefficient (Wildman–Crippen LogP) is 4.46. The van der Waals surface area contributed by atoms with E-state index in [1.807, 2.05) is 0 Å². The lowest BCUT2D eigenvalue weighted by molar-refractivity contribution is 0.275. The maximum absolute atomic E-state index is 11.3. The quantitative estimate of drug-likeness (QED) is 0.385. The molecule has 0 saturated carbocycles. The van der Waals surface area contributed by atoms with E-state index in [9.17, 15) is 4.79 Å². The third-order valence-electron chi connectivity index (χ3n) is 1.52. The van der Waals surface area contributed by atoms with E-state index in [4.69, 9.17) is 11.6 Å². The van der Waals surface area contributed by atoms with Crippen molar-refractivity contribution in [2.45, 2.75) is 45.6 Å². The summed E-state index contributed by atoms with van der Waals surface area (Å²) >= 11 is 5.64. The van der Waals surface area contributed by atoms with E-state index in [0.29, 0.717) is 0 Å². The lowest BCUT2D eigenvalue weighted by Gasteiger charge is -2.36. The van der Waals surface area contributed by atoms with Crippen LogP contribution in [0.25, 0.3) is 0 Å². The van der Waals surface area contributed by atoms with Crippen molar-refractivity contribution in [2.24, 2.45) is 0 Å².